The van der Waals surface area contributed by atoms with Crippen molar-refractivity contribution in [2.75, 3.05) is 6.54 Å². The average molecular weight is 316 g/mol. The molecule has 0 aliphatic carbocycles. The monoisotopic (exact) mass is 316 g/mol. The van der Waals surface area contributed by atoms with Gasteiger partial charge >= 0.3 is 0 Å². The highest BCUT2D eigenvalue weighted by molar-refractivity contribution is 5.94. The van der Waals surface area contributed by atoms with E-state index in [4.69, 9.17) is 4.42 Å². The maximum Gasteiger partial charge on any atom is 0.251 e. The van der Waals surface area contributed by atoms with Gasteiger partial charge in [0.15, 0.2) is 12.2 Å². The van der Waals surface area contributed by atoms with Gasteiger partial charge in [-0.05, 0) is 18.1 Å². The number of hydrogen-bond donors (Lipinski definition) is 2. The van der Waals surface area contributed by atoms with Crippen LogP contribution in [0, 0.1) is 11.3 Å². The minimum atomic E-state index is -0.475. The number of rotatable bonds is 6. The van der Waals surface area contributed by atoms with E-state index in [2.05, 4.69) is 10.3 Å². The van der Waals surface area contributed by atoms with Gasteiger partial charge in [-0.15, -0.1) is 0 Å². The number of hydrogen-bond acceptors (Lipinski definition) is 4. The molecule has 0 radical (unpaired) electrons. The van der Waals surface area contributed by atoms with Crippen LogP contribution in [0.5, 0.6) is 0 Å². The van der Waals surface area contributed by atoms with Crippen LogP contribution in [0.4, 0.5) is 0 Å². The molecule has 1 unspecified atom stereocenters. The summed E-state index contributed by atoms with van der Waals surface area (Å²) in [6.45, 7) is 8.25. The minimum Gasteiger partial charge on any atom is -0.444 e. The SMILES string of the molecule is CC(C)C(O)C(C)(C)CNC(=O)c1ccc(-c2cnco2)cc1. The van der Waals surface area contributed by atoms with E-state index in [-0.39, 0.29) is 17.2 Å². The second-order valence-electron chi connectivity index (χ2n) is 6.80. The molecule has 2 N–H and O–H groups in total. The third kappa shape index (κ3) is 4.20. The van der Waals surface area contributed by atoms with E-state index >= 15 is 0 Å². The Balaban J connectivity index is 1.98. The maximum atomic E-state index is 12.3. The molecule has 0 bridgehead atoms. The summed E-state index contributed by atoms with van der Waals surface area (Å²) < 4.78 is 5.22. The van der Waals surface area contributed by atoms with Crippen LogP contribution < -0.4 is 5.32 Å². The molecule has 0 aliphatic rings. The second-order valence-corrected chi connectivity index (χ2v) is 6.80. The number of aliphatic hydroxyl groups excluding tert-OH is 1. The molecule has 1 aromatic heterocycles. The predicted molar refractivity (Wildman–Crippen MR) is 88.9 cm³/mol. The minimum absolute atomic E-state index is 0.142. The molecule has 2 rings (SSSR count). The molecular weight excluding hydrogens is 292 g/mol. The van der Waals surface area contributed by atoms with Gasteiger partial charge in [0.25, 0.3) is 5.91 Å². The highest BCUT2D eigenvalue weighted by Crippen LogP contribution is 2.25. The smallest absolute Gasteiger partial charge is 0.251 e. The predicted octanol–water partition coefficient (Wildman–Crippen LogP) is 3.11. The lowest BCUT2D eigenvalue weighted by molar-refractivity contribution is 0.0138. The van der Waals surface area contributed by atoms with Gasteiger partial charge in [0.1, 0.15) is 0 Å². The standard InChI is InChI=1S/C18H24N2O3/c1-12(2)16(21)18(3,4)10-20-17(22)14-7-5-13(6-8-14)15-9-19-11-23-15/h5-9,11-12,16,21H,10H2,1-4H3,(H,20,22). The number of carbonyl (C=O) groups is 1. The number of aliphatic hydroxyl groups is 1. The van der Waals surface area contributed by atoms with E-state index in [0.717, 1.165) is 5.56 Å². The Hall–Kier alpha value is -2.14. The van der Waals surface area contributed by atoms with Gasteiger partial charge in [0, 0.05) is 23.1 Å². The Kier molecular flexibility index (Phi) is 5.21. The van der Waals surface area contributed by atoms with Crippen LogP contribution in [-0.4, -0.2) is 28.6 Å². The Morgan fingerprint density at radius 1 is 1.30 bits per heavy atom. The maximum absolute atomic E-state index is 12.3. The van der Waals surface area contributed by atoms with E-state index in [1.54, 1.807) is 18.3 Å². The first kappa shape index (κ1) is 17.2. The zero-order chi connectivity index (χ0) is 17.0. The van der Waals surface area contributed by atoms with Crippen molar-refractivity contribution in [1.29, 1.82) is 0 Å². The molecular formula is C18H24N2O3. The lowest BCUT2D eigenvalue weighted by Gasteiger charge is -2.33. The summed E-state index contributed by atoms with van der Waals surface area (Å²) in [5.41, 5.74) is 1.06. The Morgan fingerprint density at radius 2 is 1.96 bits per heavy atom. The van der Waals surface area contributed by atoms with E-state index in [1.807, 2.05) is 39.8 Å². The first-order chi connectivity index (χ1) is 10.8. The van der Waals surface area contributed by atoms with Gasteiger partial charge in [0.05, 0.1) is 12.3 Å². The van der Waals surface area contributed by atoms with E-state index in [9.17, 15) is 9.90 Å². The van der Waals surface area contributed by atoms with Crippen molar-refractivity contribution in [3.8, 4) is 11.3 Å². The van der Waals surface area contributed by atoms with E-state index in [0.29, 0.717) is 17.9 Å². The Labute approximate surface area is 136 Å². The molecule has 0 saturated carbocycles. The van der Waals surface area contributed by atoms with E-state index in [1.165, 1.54) is 6.39 Å². The van der Waals surface area contributed by atoms with Crippen molar-refractivity contribution in [3.63, 3.8) is 0 Å². The summed E-state index contributed by atoms with van der Waals surface area (Å²) in [5, 5.41) is 13.1. The number of nitrogens with one attached hydrogen (secondary N) is 1. The molecule has 0 aliphatic heterocycles. The fraction of sp³-hybridized carbons (Fsp3) is 0.444. The van der Waals surface area contributed by atoms with Crippen molar-refractivity contribution in [2.45, 2.75) is 33.8 Å². The van der Waals surface area contributed by atoms with Crippen LogP contribution in [0.1, 0.15) is 38.1 Å². The lowest BCUT2D eigenvalue weighted by Crippen LogP contribution is -2.43. The summed E-state index contributed by atoms with van der Waals surface area (Å²) in [5.74, 6) is 0.652. The molecule has 1 aromatic carbocycles. The van der Waals surface area contributed by atoms with Gasteiger partial charge in [-0.25, -0.2) is 4.98 Å². The molecule has 1 heterocycles. The van der Waals surface area contributed by atoms with Crippen LogP contribution in [0.25, 0.3) is 11.3 Å². The number of oxazole rings is 1. The van der Waals surface area contributed by atoms with Crippen LogP contribution in [0.2, 0.25) is 0 Å². The van der Waals surface area contributed by atoms with Gasteiger partial charge in [-0.2, -0.15) is 0 Å². The average Bonchev–Trinajstić information content (AvgIpc) is 3.06. The summed E-state index contributed by atoms with van der Waals surface area (Å²) in [7, 11) is 0. The number of amides is 1. The number of aromatic nitrogens is 1. The largest absolute Gasteiger partial charge is 0.444 e. The van der Waals surface area contributed by atoms with Crippen LogP contribution >= 0.6 is 0 Å². The zero-order valence-corrected chi connectivity index (χ0v) is 14.0. The summed E-state index contributed by atoms with van der Waals surface area (Å²) in [6, 6.07) is 7.14. The summed E-state index contributed by atoms with van der Waals surface area (Å²) in [6.07, 6.45) is 2.53. The molecule has 23 heavy (non-hydrogen) atoms. The van der Waals surface area contributed by atoms with Crippen molar-refractivity contribution in [3.05, 3.63) is 42.4 Å². The zero-order valence-electron chi connectivity index (χ0n) is 14.0. The second kappa shape index (κ2) is 6.96. The molecule has 0 fully saturated rings. The number of benzene rings is 1. The first-order valence-electron chi connectivity index (χ1n) is 7.76. The third-order valence-corrected chi connectivity index (χ3v) is 4.00. The third-order valence-electron chi connectivity index (χ3n) is 4.00. The number of nitrogens with zero attached hydrogens (tertiary/aromatic N) is 1. The Bertz CT molecular complexity index is 631. The highest BCUT2D eigenvalue weighted by Gasteiger charge is 2.30. The fourth-order valence-electron chi connectivity index (χ4n) is 2.56. The van der Waals surface area contributed by atoms with Gasteiger partial charge in [0.2, 0.25) is 0 Å². The summed E-state index contributed by atoms with van der Waals surface area (Å²) in [4.78, 5) is 16.1. The van der Waals surface area contributed by atoms with Crippen molar-refractivity contribution >= 4 is 5.91 Å². The molecule has 2 aromatic rings. The molecule has 0 spiro atoms. The van der Waals surface area contributed by atoms with Crippen LogP contribution in [-0.2, 0) is 0 Å². The normalized spacial score (nSPS) is 13.1. The lowest BCUT2D eigenvalue weighted by atomic mass is 9.80. The van der Waals surface area contributed by atoms with Crippen LogP contribution in [0.15, 0.2) is 41.3 Å². The van der Waals surface area contributed by atoms with Crippen molar-refractivity contribution in [2.24, 2.45) is 11.3 Å². The van der Waals surface area contributed by atoms with Gasteiger partial charge in [-0.1, -0.05) is 39.8 Å². The number of carbonyl (C=O) groups excluding carboxylic acids is 1. The molecule has 1 atom stereocenters. The van der Waals surface area contributed by atoms with Crippen molar-refractivity contribution in [1.82, 2.24) is 10.3 Å². The quantitative estimate of drug-likeness (QED) is 0.858. The molecule has 0 saturated heterocycles. The Morgan fingerprint density at radius 3 is 2.48 bits per heavy atom. The van der Waals surface area contributed by atoms with Crippen LogP contribution in [0.3, 0.4) is 0 Å². The van der Waals surface area contributed by atoms with Gasteiger partial charge < -0.3 is 14.8 Å². The highest BCUT2D eigenvalue weighted by atomic mass is 16.3. The topological polar surface area (TPSA) is 75.4 Å². The molecule has 5 heteroatoms. The van der Waals surface area contributed by atoms with E-state index < -0.39 is 6.10 Å². The summed E-state index contributed by atoms with van der Waals surface area (Å²) >= 11 is 0. The molecule has 1 amide bonds. The first-order valence-corrected chi connectivity index (χ1v) is 7.76. The fourth-order valence-corrected chi connectivity index (χ4v) is 2.56. The van der Waals surface area contributed by atoms with Gasteiger partial charge in [-0.3, -0.25) is 4.79 Å². The van der Waals surface area contributed by atoms with Crippen molar-refractivity contribution < 1.29 is 14.3 Å². The molecule has 124 valence electrons. The molecule has 5 nitrogen and oxygen atoms in total.